The number of hydrogen-bond acceptors (Lipinski definition) is 17. The third kappa shape index (κ3) is 11.2. The maximum absolute atomic E-state index is 16.9. The summed E-state index contributed by atoms with van der Waals surface area (Å²) in [6, 6.07) is 11.5. The molecule has 6 atom stereocenters. The summed E-state index contributed by atoms with van der Waals surface area (Å²) in [6.45, 7) is 6.95. The van der Waals surface area contributed by atoms with Crippen LogP contribution in [0.5, 0.6) is 23.5 Å². The fourth-order valence-corrected chi connectivity index (χ4v) is 16.0. The third-order valence-electron chi connectivity index (χ3n) is 20.5. The van der Waals surface area contributed by atoms with Crippen molar-refractivity contribution >= 4 is 55.0 Å². The van der Waals surface area contributed by atoms with E-state index in [1.165, 1.54) is 48.8 Å². The lowest BCUT2D eigenvalue weighted by Crippen LogP contribution is -2.50. The number of fused-ring (bicyclic) bond motifs is 6. The molecule has 488 valence electrons. The first-order valence-electron chi connectivity index (χ1n) is 31.9. The van der Waals surface area contributed by atoms with E-state index in [4.69, 9.17) is 30.4 Å². The maximum Gasteiger partial charge on any atom is 0.319 e. The van der Waals surface area contributed by atoms with Crippen LogP contribution in [0.4, 0.5) is 42.4 Å². The molecule has 0 radical (unpaired) electrons. The normalized spacial score (nSPS) is 25.5. The second-order valence-corrected chi connectivity index (χ2v) is 26.4. The average Bonchev–Trinajstić information content (AvgIpc) is 1.53. The molecule has 4 aromatic carbocycles. The van der Waals surface area contributed by atoms with Gasteiger partial charge in [0.1, 0.15) is 70.0 Å². The molecule has 5 saturated heterocycles. The number of nitrogens with zero attached hydrogens (tertiary/aromatic N) is 10. The quantitative estimate of drug-likeness (QED) is 0.0773. The number of aliphatic hydroxyl groups is 1. The van der Waals surface area contributed by atoms with Crippen molar-refractivity contribution in [1.29, 1.82) is 0 Å². The minimum absolute atomic E-state index is 0.00698. The van der Waals surface area contributed by atoms with Gasteiger partial charge in [-0.15, -0.1) is 6.42 Å². The largest absolute Gasteiger partial charge is 0.508 e. The van der Waals surface area contributed by atoms with Gasteiger partial charge >= 0.3 is 12.0 Å². The van der Waals surface area contributed by atoms with E-state index in [1.807, 2.05) is 16.7 Å². The number of terminal acetylenes is 1. The highest BCUT2D eigenvalue weighted by Crippen LogP contribution is 2.69. The summed E-state index contributed by atoms with van der Waals surface area (Å²) >= 11 is 0. The highest BCUT2D eigenvalue weighted by molar-refractivity contribution is 6.04. The lowest BCUT2D eigenvalue weighted by Gasteiger charge is -2.44. The summed E-state index contributed by atoms with van der Waals surface area (Å²) in [5.74, 6) is -2.79. The Hall–Kier alpha value is -7.95. The van der Waals surface area contributed by atoms with Crippen LogP contribution >= 0.6 is 0 Å². The van der Waals surface area contributed by atoms with Crippen LogP contribution in [0.25, 0.3) is 65.9 Å². The summed E-state index contributed by atoms with van der Waals surface area (Å²) in [5.41, 5.74) is -1.90. The number of phenols is 2. The van der Waals surface area contributed by atoms with E-state index in [2.05, 4.69) is 42.8 Å². The van der Waals surface area contributed by atoms with E-state index < -0.39 is 46.3 Å². The summed E-state index contributed by atoms with van der Waals surface area (Å²) < 4.78 is 131. The Morgan fingerprint density at radius 3 is 2.01 bits per heavy atom. The van der Waals surface area contributed by atoms with Gasteiger partial charge in [-0.05, 0) is 117 Å². The zero-order chi connectivity index (χ0) is 64.7. The number of piperidine rings is 1. The Morgan fingerprint density at radius 1 is 0.720 bits per heavy atom. The Morgan fingerprint density at radius 2 is 1.34 bits per heavy atom. The number of ether oxygens (including phenoxy) is 4. The molecule has 24 heteroatoms. The summed E-state index contributed by atoms with van der Waals surface area (Å²) in [7, 11) is 2.18. The lowest BCUT2D eigenvalue weighted by atomic mass is 9.76. The van der Waals surface area contributed by atoms with Crippen LogP contribution < -0.4 is 19.3 Å². The molecule has 17 nitrogen and oxygen atoms in total. The van der Waals surface area contributed by atoms with Crippen LogP contribution in [0.1, 0.15) is 75.8 Å². The first-order chi connectivity index (χ1) is 44.8. The monoisotopic (exact) mass is 1280 g/mol. The number of anilines is 2. The molecule has 7 aliphatic rings. The van der Waals surface area contributed by atoms with Crippen LogP contribution in [-0.4, -0.2) is 178 Å². The van der Waals surface area contributed by atoms with Gasteiger partial charge in [0, 0.05) is 112 Å². The van der Waals surface area contributed by atoms with E-state index >= 15 is 8.78 Å². The molecule has 0 bridgehead atoms. The van der Waals surface area contributed by atoms with Crippen molar-refractivity contribution < 1.29 is 65.0 Å². The van der Waals surface area contributed by atoms with Crippen molar-refractivity contribution in [2.75, 3.05) is 109 Å². The molecule has 7 fully saturated rings. The van der Waals surface area contributed by atoms with Crippen LogP contribution in [0, 0.1) is 52.4 Å². The molecule has 15 rings (SSSR count). The molecule has 2 saturated carbocycles. The predicted molar refractivity (Wildman–Crippen MR) is 336 cm³/mol. The van der Waals surface area contributed by atoms with Crippen molar-refractivity contribution in [2.24, 2.45) is 16.7 Å². The fraction of sp³-hybridized carbons (Fsp3) is 0.478. The standard InChI is InChI=1S/C35H41F2N5O4.C34H30F5N5O3/c1-3-24-27(36)8-7-22-14-23(44)15-25(29(22)24)31-30(37)32-26(16-38-31)33(42-12-13-45-19-21(17-42)18-43)40-34(39-32)46-20-35-9-4-6-28(35)41(2)11-5-10-35;1-2-22-25(36)5-4-19-10-21(45)11-23(26(19)22)28-27(37)29-24(13-40-28)30(43-6-3-8-46-9-7-43)42-31(41-29)47-18-33-12-20(35)14-44(33)17-32(15-33)16-34(32,38)39/h7-8,14-16,21,28,43-44H,3-6,9-13,17-20H2,1-2H3;1,4-5,10-11,13,20,45H,3,6-9,12,14-18H2. The smallest absolute Gasteiger partial charge is 0.319 e. The van der Waals surface area contributed by atoms with Crippen molar-refractivity contribution in [3.05, 3.63) is 95.3 Å². The maximum atomic E-state index is 16.9. The molecule has 9 heterocycles. The number of rotatable bonds is 12. The Bertz CT molecular complexity index is 4290. The van der Waals surface area contributed by atoms with Gasteiger partial charge in [-0.1, -0.05) is 31.4 Å². The number of phenolic OH excluding ortho intramolecular Hbond substituents is 2. The van der Waals surface area contributed by atoms with Crippen molar-refractivity contribution in [3.63, 3.8) is 0 Å². The second kappa shape index (κ2) is 24.4. The zero-order valence-corrected chi connectivity index (χ0v) is 51.6. The molecule has 6 unspecified atom stereocenters. The number of aromatic nitrogens is 6. The van der Waals surface area contributed by atoms with E-state index in [-0.39, 0.29) is 130 Å². The first kappa shape index (κ1) is 62.5. The van der Waals surface area contributed by atoms with Gasteiger partial charge in [-0.2, -0.15) is 19.9 Å². The fourth-order valence-electron chi connectivity index (χ4n) is 16.0. The number of alkyl halides is 3. The van der Waals surface area contributed by atoms with Gasteiger partial charge < -0.3 is 49.0 Å². The van der Waals surface area contributed by atoms with Gasteiger partial charge in [-0.3, -0.25) is 14.9 Å². The Kier molecular flexibility index (Phi) is 16.4. The molecular weight excluding hydrogens is 1210 g/mol. The van der Waals surface area contributed by atoms with Crippen LogP contribution in [0.15, 0.2) is 60.9 Å². The molecule has 0 amide bonds. The van der Waals surface area contributed by atoms with Gasteiger partial charge in [-0.25, -0.2) is 30.7 Å². The van der Waals surface area contributed by atoms with Gasteiger partial charge in [0.15, 0.2) is 11.6 Å². The average molecular weight is 1290 g/mol. The number of hydrogen-bond donors (Lipinski definition) is 3. The number of benzene rings is 4. The third-order valence-corrected chi connectivity index (χ3v) is 20.5. The minimum atomic E-state index is -2.80. The van der Waals surface area contributed by atoms with Gasteiger partial charge in [0.25, 0.3) is 5.92 Å². The van der Waals surface area contributed by atoms with Crippen molar-refractivity contribution in [3.8, 4) is 58.4 Å². The zero-order valence-electron chi connectivity index (χ0n) is 51.6. The van der Waals surface area contributed by atoms with E-state index in [9.17, 15) is 37.3 Å². The lowest BCUT2D eigenvalue weighted by molar-refractivity contribution is 0.0133. The highest BCUT2D eigenvalue weighted by atomic mass is 19.3. The minimum Gasteiger partial charge on any atom is -0.508 e. The van der Waals surface area contributed by atoms with E-state index in [0.717, 1.165) is 38.6 Å². The molecule has 2 aliphatic carbocycles. The summed E-state index contributed by atoms with van der Waals surface area (Å²) in [6.07, 6.45) is 13.8. The second-order valence-electron chi connectivity index (χ2n) is 26.4. The van der Waals surface area contributed by atoms with E-state index in [0.29, 0.717) is 117 Å². The Balaban J connectivity index is 0.000000161. The van der Waals surface area contributed by atoms with Crippen LogP contribution in [-0.2, 0) is 15.9 Å². The van der Waals surface area contributed by atoms with E-state index in [1.54, 1.807) is 17.0 Å². The van der Waals surface area contributed by atoms with Crippen LogP contribution in [0.2, 0.25) is 0 Å². The summed E-state index contributed by atoms with van der Waals surface area (Å²) in [4.78, 5) is 35.6. The molecule has 4 aromatic heterocycles. The van der Waals surface area contributed by atoms with Crippen molar-refractivity contribution in [2.45, 2.75) is 94.8 Å². The molecule has 93 heavy (non-hydrogen) atoms. The number of likely N-dealkylation sites (tertiary alicyclic amines) is 1. The Labute approximate surface area is 531 Å². The topological polar surface area (TPSA) is 188 Å². The number of aryl methyl sites for hydroxylation is 1. The predicted octanol–water partition coefficient (Wildman–Crippen LogP) is 11.1. The van der Waals surface area contributed by atoms with Crippen molar-refractivity contribution in [1.82, 2.24) is 39.7 Å². The molecule has 5 aliphatic heterocycles. The number of aliphatic hydroxyl groups excluding tert-OH is 1. The molecular formula is C69H71F7N10O7. The first-order valence-corrected chi connectivity index (χ1v) is 31.9. The van der Waals surface area contributed by atoms with Gasteiger partial charge in [0.2, 0.25) is 0 Å². The van der Waals surface area contributed by atoms with Crippen LogP contribution in [0.3, 0.4) is 0 Å². The molecule has 1 spiro atoms. The molecule has 3 N–H and O–H groups in total. The SMILES string of the molecule is C#Cc1c(F)ccc2cc(O)cc(-c3ncc4c(N5CCCOCC5)nc(OCC56CC(F)CN5CC5(C6)CC5(F)F)nc4c3F)c12.CCc1c(F)ccc2cc(O)cc(-c3ncc4c(N5CCOCC(CO)C5)nc(OCC56CCCC5N(C)CCC6)nc4c3F)c12. The number of halogens is 7. The van der Waals surface area contributed by atoms with Gasteiger partial charge in [0.05, 0.1) is 53.7 Å². The highest BCUT2D eigenvalue weighted by Gasteiger charge is 2.78. The number of aromatic hydroxyl groups is 2. The molecule has 8 aromatic rings. The summed E-state index contributed by atoms with van der Waals surface area (Å²) in [5, 5.41) is 33.4. The number of pyridine rings is 2.